The smallest absolute Gasteiger partial charge is 0.235 e. The molecule has 15 heavy (non-hydrogen) atoms. The van der Waals surface area contributed by atoms with Gasteiger partial charge in [0.1, 0.15) is 5.69 Å². The van der Waals surface area contributed by atoms with Gasteiger partial charge in [0.2, 0.25) is 5.88 Å². The van der Waals surface area contributed by atoms with Crippen molar-refractivity contribution in [1.82, 2.24) is 15.3 Å². The summed E-state index contributed by atoms with van der Waals surface area (Å²) >= 11 is 0. The molecule has 4 heteroatoms. The second-order valence-electron chi connectivity index (χ2n) is 3.77. The predicted octanol–water partition coefficient (Wildman–Crippen LogP) is 1.44. The van der Waals surface area contributed by atoms with E-state index < -0.39 is 0 Å². The van der Waals surface area contributed by atoms with Gasteiger partial charge in [-0.1, -0.05) is 13.8 Å². The maximum atomic E-state index is 5.20. The number of aromatic nitrogens is 2. The van der Waals surface area contributed by atoms with E-state index in [1.165, 1.54) is 0 Å². The third-order valence-electron chi connectivity index (χ3n) is 2.70. The van der Waals surface area contributed by atoms with Crippen molar-refractivity contribution >= 4 is 0 Å². The van der Waals surface area contributed by atoms with Crippen LogP contribution in [0.5, 0.6) is 5.88 Å². The fraction of sp³-hybridized carbons (Fsp3) is 0.636. The van der Waals surface area contributed by atoms with Crippen LogP contribution in [-0.4, -0.2) is 30.7 Å². The average molecular weight is 209 g/mol. The zero-order chi connectivity index (χ0) is 11.3. The van der Waals surface area contributed by atoms with Crippen LogP contribution >= 0.6 is 0 Å². The summed E-state index contributed by atoms with van der Waals surface area (Å²) in [4.78, 5) is 8.49. The van der Waals surface area contributed by atoms with Crippen LogP contribution in [0.4, 0.5) is 0 Å². The van der Waals surface area contributed by atoms with Crippen LogP contribution in [0.25, 0.3) is 0 Å². The van der Waals surface area contributed by atoms with Crippen molar-refractivity contribution < 1.29 is 4.74 Å². The molecule has 84 valence electrons. The Kier molecular flexibility index (Phi) is 4.49. The molecule has 0 radical (unpaired) electrons. The van der Waals surface area contributed by atoms with E-state index in [1.54, 1.807) is 19.5 Å². The normalized spacial score (nSPS) is 14.7. The molecule has 1 rings (SSSR count). The molecule has 4 nitrogen and oxygen atoms in total. The van der Waals surface area contributed by atoms with Gasteiger partial charge in [-0.2, -0.15) is 0 Å². The molecule has 1 aromatic rings. The molecule has 1 aromatic heterocycles. The molecule has 0 spiro atoms. The summed E-state index contributed by atoms with van der Waals surface area (Å²) in [5.74, 6) is 1.47. The molecular formula is C11H19N3O. The van der Waals surface area contributed by atoms with Crippen LogP contribution in [0.15, 0.2) is 12.4 Å². The van der Waals surface area contributed by atoms with Crippen molar-refractivity contribution in [3.63, 3.8) is 0 Å². The zero-order valence-corrected chi connectivity index (χ0v) is 9.82. The Morgan fingerprint density at radius 2 is 2.00 bits per heavy atom. The first-order valence-electron chi connectivity index (χ1n) is 5.20. The molecule has 2 unspecified atom stereocenters. The van der Waals surface area contributed by atoms with Gasteiger partial charge in [0.25, 0.3) is 0 Å². The average Bonchev–Trinajstić information content (AvgIpc) is 2.28. The maximum absolute atomic E-state index is 5.20. The van der Waals surface area contributed by atoms with E-state index >= 15 is 0 Å². The summed E-state index contributed by atoms with van der Waals surface area (Å²) in [6, 6.07) is 0. The lowest BCUT2D eigenvalue weighted by Crippen LogP contribution is -2.21. The van der Waals surface area contributed by atoms with E-state index in [2.05, 4.69) is 29.1 Å². The van der Waals surface area contributed by atoms with E-state index in [9.17, 15) is 0 Å². The van der Waals surface area contributed by atoms with Crippen molar-refractivity contribution in [3.05, 3.63) is 18.1 Å². The number of nitrogens with one attached hydrogen (secondary N) is 1. The minimum Gasteiger partial charge on any atom is -0.480 e. The fourth-order valence-corrected chi connectivity index (χ4v) is 1.57. The highest BCUT2D eigenvalue weighted by molar-refractivity contribution is 5.21. The number of nitrogens with zero attached hydrogens (tertiary/aromatic N) is 2. The van der Waals surface area contributed by atoms with Crippen LogP contribution in [0, 0.1) is 5.92 Å². The Morgan fingerprint density at radius 3 is 2.60 bits per heavy atom. The van der Waals surface area contributed by atoms with Crippen molar-refractivity contribution in [2.45, 2.75) is 19.8 Å². The summed E-state index contributed by atoms with van der Waals surface area (Å²) in [6.45, 7) is 5.30. The molecule has 0 fully saturated rings. The quantitative estimate of drug-likeness (QED) is 0.797. The molecule has 0 bridgehead atoms. The van der Waals surface area contributed by atoms with E-state index in [0.717, 1.165) is 12.2 Å². The van der Waals surface area contributed by atoms with Gasteiger partial charge < -0.3 is 10.1 Å². The monoisotopic (exact) mass is 209 g/mol. The second kappa shape index (κ2) is 5.66. The molecule has 0 saturated carbocycles. The topological polar surface area (TPSA) is 47.0 Å². The van der Waals surface area contributed by atoms with Gasteiger partial charge in [0, 0.05) is 18.3 Å². The molecule has 0 aliphatic rings. The lowest BCUT2D eigenvalue weighted by atomic mass is 9.93. The number of methoxy groups -OCH3 is 1. The largest absolute Gasteiger partial charge is 0.480 e. The van der Waals surface area contributed by atoms with Crippen molar-refractivity contribution in [2.75, 3.05) is 20.7 Å². The van der Waals surface area contributed by atoms with Crippen LogP contribution < -0.4 is 10.1 Å². The molecule has 0 aliphatic heterocycles. The Morgan fingerprint density at radius 1 is 1.33 bits per heavy atom. The van der Waals surface area contributed by atoms with Gasteiger partial charge in [0.05, 0.1) is 7.11 Å². The van der Waals surface area contributed by atoms with Crippen LogP contribution in [0.3, 0.4) is 0 Å². The summed E-state index contributed by atoms with van der Waals surface area (Å²) < 4.78 is 5.20. The fourth-order valence-electron chi connectivity index (χ4n) is 1.57. The highest BCUT2D eigenvalue weighted by Crippen LogP contribution is 2.27. The summed E-state index contributed by atoms with van der Waals surface area (Å²) in [7, 11) is 3.58. The van der Waals surface area contributed by atoms with Gasteiger partial charge in [-0.25, -0.2) is 4.98 Å². The molecule has 0 amide bonds. The number of hydrogen-bond donors (Lipinski definition) is 1. The minimum atomic E-state index is 0.334. The highest BCUT2D eigenvalue weighted by Gasteiger charge is 2.19. The van der Waals surface area contributed by atoms with Crippen LogP contribution in [-0.2, 0) is 0 Å². The lowest BCUT2D eigenvalue weighted by Gasteiger charge is -2.19. The SMILES string of the molecule is CNCC(C)C(C)c1nccnc1OC. The molecule has 2 atom stereocenters. The van der Waals surface area contributed by atoms with Crippen molar-refractivity contribution in [3.8, 4) is 5.88 Å². The number of hydrogen-bond acceptors (Lipinski definition) is 4. The predicted molar refractivity (Wildman–Crippen MR) is 60.1 cm³/mol. The van der Waals surface area contributed by atoms with Crippen molar-refractivity contribution in [2.24, 2.45) is 5.92 Å². The van der Waals surface area contributed by atoms with Gasteiger partial charge in [-0.05, 0) is 19.5 Å². The van der Waals surface area contributed by atoms with Crippen molar-refractivity contribution in [1.29, 1.82) is 0 Å². The van der Waals surface area contributed by atoms with E-state index in [1.807, 2.05) is 7.05 Å². The summed E-state index contributed by atoms with van der Waals surface area (Å²) in [5, 5.41) is 3.17. The number of ether oxygens (including phenoxy) is 1. The summed E-state index contributed by atoms with van der Waals surface area (Å²) in [5.41, 5.74) is 0.933. The second-order valence-corrected chi connectivity index (χ2v) is 3.77. The molecular weight excluding hydrogens is 190 g/mol. The lowest BCUT2D eigenvalue weighted by molar-refractivity contribution is 0.371. The Hall–Kier alpha value is -1.16. The van der Waals surface area contributed by atoms with E-state index in [0.29, 0.717) is 17.7 Å². The Balaban J connectivity index is 2.84. The van der Waals surface area contributed by atoms with Crippen LogP contribution in [0.1, 0.15) is 25.5 Å². The maximum Gasteiger partial charge on any atom is 0.235 e. The standard InChI is InChI=1S/C11H19N3O/c1-8(7-12-3)9(2)10-11(15-4)14-6-5-13-10/h5-6,8-9,12H,7H2,1-4H3. The zero-order valence-electron chi connectivity index (χ0n) is 9.82. The first-order valence-corrected chi connectivity index (χ1v) is 5.20. The van der Waals surface area contributed by atoms with Crippen LogP contribution in [0.2, 0.25) is 0 Å². The first kappa shape index (κ1) is 11.9. The molecule has 1 N–H and O–H groups in total. The molecule has 0 aliphatic carbocycles. The highest BCUT2D eigenvalue weighted by atomic mass is 16.5. The summed E-state index contributed by atoms with van der Waals surface area (Å²) in [6.07, 6.45) is 3.36. The first-order chi connectivity index (χ1) is 7.20. The molecule has 0 saturated heterocycles. The third-order valence-corrected chi connectivity index (χ3v) is 2.70. The Labute approximate surface area is 91.1 Å². The van der Waals surface area contributed by atoms with Gasteiger partial charge in [-0.15, -0.1) is 0 Å². The Bertz CT molecular complexity index is 304. The van der Waals surface area contributed by atoms with Gasteiger partial charge in [-0.3, -0.25) is 4.98 Å². The molecule has 1 heterocycles. The third kappa shape index (κ3) is 2.89. The van der Waals surface area contributed by atoms with Gasteiger partial charge >= 0.3 is 0 Å². The minimum absolute atomic E-state index is 0.334. The number of rotatable bonds is 5. The van der Waals surface area contributed by atoms with E-state index in [-0.39, 0.29) is 0 Å². The molecule has 0 aromatic carbocycles. The van der Waals surface area contributed by atoms with E-state index in [4.69, 9.17) is 4.74 Å². The van der Waals surface area contributed by atoms with Gasteiger partial charge in [0.15, 0.2) is 0 Å².